The zero-order chi connectivity index (χ0) is 15.7. The number of nitrogens with one attached hydrogen (secondary N) is 2. The summed E-state index contributed by atoms with van der Waals surface area (Å²) < 4.78 is 5.68. The summed E-state index contributed by atoms with van der Waals surface area (Å²) in [6.07, 6.45) is 4.21. The fraction of sp³-hybridized carbons (Fsp3) is 0.421. The third-order valence-corrected chi connectivity index (χ3v) is 5.13. The van der Waals surface area contributed by atoms with Crippen LogP contribution in [0.5, 0.6) is 5.88 Å². The van der Waals surface area contributed by atoms with E-state index in [1.165, 1.54) is 29.7 Å². The van der Waals surface area contributed by atoms with Crippen molar-refractivity contribution in [2.45, 2.75) is 25.2 Å². The van der Waals surface area contributed by atoms with Crippen LogP contribution in [-0.4, -0.2) is 31.2 Å². The van der Waals surface area contributed by atoms with Gasteiger partial charge in [-0.2, -0.15) is 0 Å². The van der Waals surface area contributed by atoms with Gasteiger partial charge in [-0.05, 0) is 62.2 Å². The minimum absolute atomic E-state index is 0.316. The Morgan fingerprint density at radius 1 is 1.22 bits per heavy atom. The maximum atomic E-state index is 5.68. The summed E-state index contributed by atoms with van der Waals surface area (Å²) in [7, 11) is 0. The monoisotopic (exact) mass is 309 g/mol. The van der Waals surface area contributed by atoms with E-state index in [9.17, 15) is 0 Å². The lowest BCUT2D eigenvalue weighted by molar-refractivity contribution is 0.328. The van der Waals surface area contributed by atoms with Gasteiger partial charge in [-0.3, -0.25) is 0 Å². The van der Waals surface area contributed by atoms with Crippen LogP contribution in [0.25, 0.3) is 11.1 Å². The highest BCUT2D eigenvalue weighted by atomic mass is 16.5. The van der Waals surface area contributed by atoms with E-state index < -0.39 is 0 Å². The Morgan fingerprint density at radius 3 is 2.91 bits per heavy atom. The molecule has 4 rings (SSSR count). The van der Waals surface area contributed by atoms with Gasteiger partial charge in [-0.1, -0.05) is 12.1 Å². The van der Waals surface area contributed by atoms with Crippen LogP contribution in [0.15, 0.2) is 36.5 Å². The van der Waals surface area contributed by atoms with Crippen molar-refractivity contribution in [3.63, 3.8) is 0 Å². The number of ether oxygens (including phenoxy) is 1. The minimum atomic E-state index is 0.316. The number of pyridine rings is 1. The average molecular weight is 309 g/mol. The molecule has 0 radical (unpaired) electrons. The molecule has 120 valence electrons. The number of piperidine rings is 1. The average Bonchev–Trinajstić information content (AvgIpc) is 2.94. The van der Waals surface area contributed by atoms with Gasteiger partial charge in [0.25, 0.3) is 0 Å². The van der Waals surface area contributed by atoms with Crippen LogP contribution in [0.4, 0.5) is 5.69 Å². The highest BCUT2D eigenvalue weighted by Crippen LogP contribution is 2.44. The molecule has 4 heteroatoms. The molecular weight excluding hydrogens is 286 g/mol. The third kappa shape index (κ3) is 2.47. The lowest BCUT2D eigenvalue weighted by atomic mass is 9.74. The lowest BCUT2D eigenvalue weighted by Gasteiger charge is -2.33. The normalized spacial score (nSPS) is 18.5. The molecule has 1 aromatic carbocycles. The fourth-order valence-corrected chi connectivity index (χ4v) is 3.89. The number of benzene rings is 1. The summed E-state index contributed by atoms with van der Waals surface area (Å²) in [5.41, 5.74) is 5.29. The Kier molecular flexibility index (Phi) is 3.69. The van der Waals surface area contributed by atoms with Crippen LogP contribution in [0.3, 0.4) is 0 Å². The van der Waals surface area contributed by atoms with Crippen molar-refractivity contribution in [1.29, 1.82) is 0 Å². The smallest absolute Gasteiger partial charge is 0.221 e. The Hall–Kier alpha value is -2.07. The third-order valence-electron chi connectivity index (χ3n) is 5.13. The topological polar surface area (TPSA) is 46.2 Å². The number of hydrogen-bond donors (Lipinski definition) is 2. The van der Waals surface area contributed by atoms with Crippen molar-refractivity contribution in [2.75, 3.05) is 31.6 Å². The van der Waals surface area contributed by atoms with Crippen molar-refractivity contribution < 1.29 is 4.74 Å². The number of rotatable bonds is 3. The summed E-state index contributed by atoms with van der Waals surface area (Å²) in [5, 5.41) is 7.11. The summed E-state index contributed by atoms with van der Waals surface area (Å²) in [6.45, 7) is 5.89. The molecule has 0 bridgehead atoms. The molecule has 1 fully saturated rings. The predicted molar refractivity (Wildman–Crippen MR) is 93.1 cm³/mol. The molecule has 1 saturated heterocycles. The maximum absolute atomic E-state index is 5.68. The first kappa shape index (κ1) is 14.5. The van der Waals surface area contributed by atoms with Crippen molar-refractivity contribution >= 4 is 5.69 Å². The van der Waals surface area contributed by atoms with Crippen LogP contribution in [0, 0.1) is 0 Å². The predicted octanol–water partition coefficient (Wildman–Crippen LogP) is 3.19. The van der Waals surface area contributed by atoms with Crippen molar-refractivity contribution in [1.82, 2.24) is 10.3 Å². The zero-order valence-corrected chi connectivity index (χ0v) is 13.6. The maximum Gasteiger partial charge on any atom is 0.221 e. The van der Waals surface area contributed by atoms with E-state index in [1.807, 2.05) is 13.0 Å². The first-order valence-corrected chi connectivity index (χ1v) is 8.50. The largest absolute Gasteiger partial charge is 0.478 e. The Labute approximate surface area is 137 Å². The standard InChI is InChI=1S/C19H23N3O/c1-2-23-18-15(4-3-9-21-18)14-5-6-16-17(12-14)22-13-19(16)7-10-20-11-8-19/h3-6,9,12,20,22H,2,7-8,10-11,13H2,1H3. The summed E-state index contributed by atoms with van der Waals surface area (Å²) in [4.78, 5) is 4.37. The van der Waals surface area contributed by atoms with Gasteiger partial charge >= 0.3 is 0 Å². The number of fused-ring (bicyclic) bond motifs is 2. The molecule has 0 amide bonds. The van der Waals surface area contributed by atoms with E-state index in [4.69, 9.17) is 4.74 Å². The molecule has 0 unspecified atom stereocenters. The van der Waals surface area contributed by atoms with Crippen molar-refractivity contribution in [2.24, 2.45) is 0 Å². The Balaban J connectivity index is 1.72. The highest BCUT2D eigenvalue weighted by molar-refractivity contribution is 5.75. The molecule has 0 atom stereocenters. The molecule has 1 spiro atoms. The van der Waals surface area contributed by atoms with E-state index in [-0.39, 0.29) is 0 Å². The van der Waals surface area contributed by atoms with Crippen LogP contribution >= 0.6 is 0 Å². The molecule has 0 saturated carbocycles. The van der Waals surface area contributed by atoms with Gasteiger partial charge in [-0.25, -0.2) is 4.98 Å². The summed E-state index contributed by atoms with van der Waals surface area (Å²) in [6, 6.07) is 10.8. The van der Waals surface area contributed by atoms with E-state index in [1.54, 1.807) is 6.20 Å². The molecular formula is C19H23N3O. The Morgan fingerprint density at radius 2 is 2.09 bits per heavy atom. The van der Waals surface area contributed by atoms with Crippen molar-refractivity contribution in [3.05, 3.63) is 42.1 Å². The van der Waals surface area contributed by atoms with Gasteiger partial charge in [-0.15, -0.1) is 0 Å². The number of aromatic nitrogens is 1. The van der Waals surface area contributed by atoms with Gasteiger partial charge in [0.15, 0.2) is 0 Å². The van der Waals surface area contributed by atoms with Crippen LogP contribution in [-0.2, 0) is 5.41 Å². The van der Waals surface area contributed by atoms with E-state index in [0.717, 1.165) is 25.2 Å². The molecule has 2 N–H and O–H groups in total. The number of hydrogen-bond acceptors (Lipinski definition) is 4. The molecule has 2 aliphatic rings. The SMILES string of the molecule is CCOc1ncccc1-c1ccc2c(c1)NCC21CCNCC1. The lowest BCUT2D eigenvalue weighted by Crippen LogP contribution is -2.41. The summed E-state index contributed by atoms with van der Waals surface area (Å²) in [5.74, 6) is 0.713. The zero-order valence-electron chi connectivity index (χ0n) is 13.6. The number of anilines is 1. The van der Waals surface area contributed by atoms with Gasteiger partial charge in [0, 0.05) is 29.4 Å². The fourth-order valence-electron chi connectivity index (χ4n) is 3.89. The Bertz CT molecular complexity index is 708. The van der Waals surface area contributed by atoms with Crippen molar-refractivity contribution in [3.8, 4) is 17.0 Å². The van der Waals surface area contributed by atoms with Crippen LogP contribution in [0.2, 0.25) is 0 Å². The second kappa shape index (κ2) is 5.85. The second-order valence-corrected chi connectivity index (χ2v) is 6.43. The molecule has 2 aromatic rings. The summed E-state index contributed by atoms with van der Waals surface area (Å²) >= 11 is 0. The second-order valence-electron chi connectivity index (χ2n) is 6.43. The van der Waals surface area contributed by atoms with E-state index >= 15 is 0 Å². The van der Waals surface area contributed by atoms with Gasteiger partial charge in [0.2, 0.25) is 5.88 Å². The highest BCUT2D eigenvalue weighted by Gasteiger charge is 2.39. The van der Waals surface area contributed by atoms with Gasteiger partial charge in [0.1, 0.15) is 0 Å². The van der Waals surface area contributed by atoms with Crippen LogP contribution < -0.4 is 15.4 Å². The minimum Gasteiger partial charge on any atom is -0.478 e. The van der Waals surface area contributed by atoms with E-state index in [2.05, 4.69) is 39.9 Å². The first-order valence-electron chi connectivity index (χ1n) is 8.50. The molecule has 23 heavy (non-hydrogen) atoms. The molecule has 2 aliphatic heterocycles. The van der Waals surface area contributed by atoms with Crippen LogP contribution in [0.1, 0.15) is 25.3 Å². The first-order chi connectivity index (χ1) is 11.3. The number of nitrogens with zero attached hydrogens (tertiary/aromatic N) is 1. The molecule has 4 nitrogen and oxygen atoms in total. The quantitative estimate of drug-likeness (QED) is 0.914. The molecule has 3 heterocycles. The van der Waals surface area contributed by atoms with E-state index in [0.29, 0.717) is 17.9 Å². The molecule has 1 aromatic heterocycles. The van der Waals surface area contributed by atoms with Gasteiger partial charge < -0.3 is 15.4 Å². The van der Waals surface area contributed by atoms with Gasteiger partial charge in [0.05, 0.1) is 6.61 Å². The molecule has 0 aliphatic carbocycles.